The van der Waals surface area contributed by atoms with E-state index >= 15 is 0 Å². The largest absolute Gasteiger partial charge is 0.460 e. The van der Waals surface area contributed by atoms with Gasteiger partial charge in [0, 0.05) is 25.1 Å². The lowest BCUT2D eigenvalue weighted by molar-refractivity contribution is -0.154. The Hall–Kier alpha value is -2.64. The van der Waals surface area contributed by atoms with Crippen molar-refractivity contribution in [2.45, 2.75) is 96.7 Å². The highest BCUT2D eigenvalue weighted by Crippen LogP contribution is 2.23. The minimum Gasteiger partial charge on any atom is -0.460 e. The SMILES string of the molecule is CC(C)(C)OC(=O)CCCCCCn1c2c(n(C(C=O)CCC(N)=O)c1=O)CCC=C2. The second-order valence-electron chi connectivity index (χ2n) is 9.04. The van der Waals surface area contributed by atoms with Gasteiger partial charge in [0.2, 0.25) is 5.91 Å². The van der Waals surface area contributed by atoms with Gasteiger partial charge in [0.05, 0.1) is 11.7 Å². The van der Waals surface area contributed by atoms with E-state index in [-0.39, 0.29) is 24.5 Å². The summed E-state index contributed by atoms with van der Waals surface area (Å²) in [5.74, 6) is -0.671. The van der Waals surface area contributed by atoms with Gasteiger partial charge in [-0.3, -0.25) is 18.7 Å². The molecular weight excluding hydrogens is 398 g/mol. The van der Waals surface area contributed by atoms with E-state index in [0.29, 0.717) is 19.4 Å². The lowest BCUT2D eigenvalue weighted by atomic mass is 10.1. The van der Waals surface area contributed by atoms with E-state index in [1.54, 1.807) is 4.57 Å². The fourth-order valence-electron chi connectivity index (χ4n) is 3.87. The fraction of sp³-hybridized carbons (Fsp3) is 0.652. The zero-order valence-electron chi connectivity index (χ0n) is 18.9. The number of nitrogens with two attached hydrogens (primary N) is 1. The van der Waals surface area contributed by atoms with Gasteiger partial charge in [-0.25, -0.2) is 4.79 Å². The van der Waals surface area contributed by atoms with Gasteiger partial charge in [0.1, 0.15) is 11.9 Å². The van der Waals surface area contributed by atoms with Crippen LogP contribution in [0.25, 0.3) is 6.08 Å². The average molecular weight is 434 g/mol. The molecule has 1 amide bonds. The Morgan fingerprint density at radius 2 is 1.90 bits per heavy atom. The predicted molar refractivity (Wildman–Crippen MR) is 119 cm³/mol. The fourth-order valence-corrected chi connectivity index (χ4v) is 3.87. The summed E-state index contributed by atoms with van der Waals surface area (Å²) in [6.45, 7) is 6.11. The minimum absolute atomic E-state index is 0.0588. The van der Waals surface area contributed by atoms with Crippen LogP contribution in [-0.4, -0.2) is 32.9 Å². The number of aromatic nitrogens is 2. The standard InChI is InChI=1S/C23H35N3O5/c1-23(2,3)31-21(29)12-6-4-5-9-15-25-18-10-7-8-11-19(18)26(22(25)30)17(16-27)13-14-20(24)28/h7,10,16-17H,4-6,8-9,11-15H2,1-3H3,(H2,24,28). The van der Waals surface area contributed by atoms with Gasteiger partial charge in [-0.15, -0.1) is 0 Å². The molecule has 0 bridgehead atoms. The number of aldehydes is 1. The van der Waals surface area contributed by atoms with Gasteiger partial charge in [0.15, 0.2) is 0 Å². The van der Waals surface area contributed by atoms with Crippen LogP contribution >= 0.6 is 0 Å². The van der Waals surface area contributed by atoms with Crippen molar-refractivity contribution in [3.05, 3.63) is 27.9 Å². The topological polar surface area (TPSA) is 113 Å². The summed E-state index contributed by atoms with van der Waals surface area (Å²) < 4.78 is 8.57. The molecule has 1 aromatic rings. The molecule has 0 radical (unpaired) electrons. The number of carbonyl (C=O) groups is 3. The monoisotopic (exact) mass is 433 g/mol. The molecule has 1 aliphatic rings. The predicted octanol–water partition coefficient (Wildman–Crippen LogP) is 2.91. The van der Waals surface area contributed by atoms with E-state index in [1.165, 1.54) is 4.57 Å². The van der Waals surface area contributed by atoms with Gasteiger partial charge >= 0.3 is 11.7 Å². The number of primary amides is 1. The zero-order valence-corrected chi connectivity index (χ0v) is 18.9. The van der Waals surface area contributed by atoms with Crippen molar-refractivity contribution >= 4 is 24.2 Å². The number of hydrogen-bond donors (Lipinski definition) is 1. The third-order valence-electron chi connectivity index (χ3n) is 5.25. The number of fused-ring (bicyclic) bond motifs is 1. The first kappa shape index (κ1) is 24.6. The molecule has 1 unspecified atom stereocenters. The zero-order chi connectivity index (χ0) is 23.0. The van der Waals surface area contributed by atoms with Crippen molar-refractivity contribution < 1.29 is 19.1 Å². The Balaban J connectivity index is 1.98. The van der Waals surface area contributed by atoms with E-state index in [4.69, 9.17) is 10.5 Å². The molecule has 0 aliphatic heterocycles. The molecule has 0 saturated heterocycles. The molecular formula is C23H35N3O5. The van der Waals surface area contributed by atoms with Crippen LogP contribution in [0.3, 0.4) is 0 Å². The van der Waals surface area contributed by atoms with Gasteiger partial charge < -0.3 is 15.3 Å². The van der Waals surface area contributed by atoms with Gasteiger partial charge in [0.25, 0.3) is 0 Å². The second kappa shape index (κ2) is 11.1. The van der Waals surface area contributed by atoms with Crippen LogP contribution in [0.4, 0.5) is 0 Å². The molecule has 2 N–H and O–H groups in total. The molecule has 8 heteroatoms. The number of ether oxygens (including phenoxy) is 1. The Kier molecular flexibility index (Phi) is 8.83. The van der Waals surface area contributed by atoms with E-state index in [9.17, 15) is 19.2 Å². The summed E-state index contributed by atoms with van der Waals surface area (Å²) in [5, 5.41) is 0. The average Bonchev–Trinajstić information content (AvgIpc) is 2.95. The van der Waals surface area contributed by atoms with Crippen LogP contribution in [0.5, 0.6) is 0 Å². The second-order valence-corrected chi connectivity index (χ2v) is 9.04. The number of nitrogens with zero attached hydrogens (tertiary/aromatic N) is 2. The molecule has 0 fully saturated rings. The summed E-state index contributed by atoms with van der Waals surface area (Å²) in [6, 6.07) is -0.685. The summed E-state index contributed by atoms with van der Waals surface area (Å²) in [7, 11) is 0. The van der Waals surface area contributed by atoms with Crippen molar-refractivity contribution in [2.24, 2.45) is 5.73 Å². The number of esters is 1. The normalized spacial score (nSPS) is 14.2. The molecule has 0 saturated carbocycles. The van der Waals surface area contributed by atoms with E-state index in [2.05, 4.69) is 0 Å². The van der Waals surface area contributed by atoms with Crippen LogP contribution in [0, 0.1) is 0 Å². The summed E-state index contributed by atoms with van der Waals surface area (Å²) in [4.78, 5) is 47.7. The number of hydrogen-bond acceptors (Lipinski definition) is 5. The van der Waals surface area contributed by atoms with Crippen LogP contribution < -0.4 is 11.4 Å². The first-order valence-electron chi connectivity index (χ1n) is 11.1. The molecule has 172 valence electrons. The smallest absolute Gasteiger partial charge is 0.329 e. The molecule has 0 spiro atoms. The molecule has 1 atom stereocenters. The highest BCUT2D eigenvalue weighted by atomic mass is 16.6. The first-order chi connectivity index (χ1) is 14.6. The molecule has 31 heavy (non-hydrogen) atoms. The van der Waals surface area contributed by atoms with Crippen molar-refractivity contribution in [1.82, 2.24) is 9.13 Å². The van der Waals surface area contributed by atoms with Crippen LogP contribution in [-0.2, 0) is 32.1 Å². The van der Waals surface area contributed by atoms with Crippen molar-refractivity contribution in [1.29, 1.82) is 0 Å². The van der Waals surface area contributed by atoms with Crippen LogP contribution in [0.2, 0.25) is 0 Å². The Bertz CT molecular complexity index is 873. The van der Waals surface area contributed by atoms with Crippen molar-refractivity contribution in [3.8, 4) is 0 Å². The molecule has 1 aromatic heterocycles. The Morgan fingerprint density at radius 3 is 2.55 bits per heavy atom. The Morgan fingerprint density at radius 1 is 1.19 bits per heavy atom. The molecule has 1 aliphatic carbocycles. The van der Waals surface area contributed by atoms with Gasteiger partial charge in [-0.1, -0.05) is 18.9 Å². The Labute approximate surface area is 183 Å². The van der Waals surface area contributed by atoms with E-state index in [0.717, 1.165) is 49.8 Å². The lowest BCUT2D eigenvalue weighted by Gasteiger charge is -2.19. The lowest BCUT2D eigenvalue weighted by Crippen LogP contribution is -2.30. The van der Waals surface area contributed by atoms with Gasteiger partial charge in [-0.05, 0) is 59.0 Å². The van der Waals surface area contributed by atoms with E-state index < -0.39 is 17.6 Å². The summed E-state index contributed by atoms with van der Waals surface area (Å²) in [6.07, 6.45) is 10.2. The number of allylic oxidation sites excluding steroid dienone is 1. The number of rotatable bonds is 12. The first-order valence-corrected chi connectivity index (χ1v) is 11.1. The number of amides is 1. The van der Waals surface area contributed by atoms with Crippen LogP contribution in [0.1, 0.15) is 89.6 Å². The van der Waals surface area contributed by atoms with Gasteiger partial charge in [-0.2, -0.15) is 0 Å². The summed E-state index contributed by atoms with van der Waals surface area (Å²) >= 11 is 0. The molecule has 8 nitrogen and oxygen atoms in total. The molecule has 1 heterocycles. The third-order valence-corrected chi connectivity index (χ3v) is 5.25. The maximum Gasteiger partial charge on any atom is 0.329 e. The maximum absolute atomic E-state index is 13.1. The summed E-state index contributed by atoms with van der Waals surface area (Å²) in [5.41, 5.74) is 6.23. The number of imidazole rings is 1. The minimum atomic E-state index is -0.685. The van der Waals surface area contributed by atoms with Crippen molar-refractivity contribution in [3.63, 3.8) is 0 Å². The molecule has 2 rings (SSSR count). The highest BCUT2D eigenvalue weighted by molar-refractivity contribution is 5.74. The highest BCUT2D eigenvalue weighted by Gasteiger charge is 2.25. The van der Waals surface area contributed by atoms with Crippen LogP contribution in [0.15, 0.2) is 10.9 Å². The van der Waals surface area contributed by atoms with E-state index in [1.807, 2.05) is 32.9 Å². The number of carbonyl (C=O) groups excluding carboxylic acids is 3. The quantitative estimate of drug-likeness (QED) is 0.309. The van der Waals surface area contributed by atoms with Crippen molar-refractivity contribution in [2.75, 3.05) is 0 Å². The molecule has 0 aromatic carbocycles. The third kappa shape index (κ3) is 7.22. The maximum atomic E-state index is 13.1. The number of unbranched alkanes of at least 4 members (excludes halogenated alkanes) is 3.